The number of aryl methyl sites for hydroxylation is 3. The van der Waals surface area contributed by atoms with Crippen molar-refractivity contribution in [3.63, 3.8) is 0 Å². The van der Waals surface area contributed by atoms with Gasteiger partial charge in [0.05, 0.1) is 24.1 Å². The Labute approximate surface area is 181 Å². The van der Waals surface area contributed by atoms with Gasteiger partial charge >= 0.3 is 11.7 Å². The number of nitrogens with two attached hydrogens (primary N) is 1. The first-order chi connectivity index (χ1) is 14.3. The number of nitrogens with zero attached hydrogens (tertiary/aromatic N) is 6. The normalized spacial score (nSPS) is 13.5. The molecule has 1 aromatic carbocycles. The maximum absolute atomic E-state index is 13.4. The molecule has 1 amide bonds. The van der Waals surface area contributed by atoms with Crippen LogP contribution in [-0.4, -0.2) is 40.9 Å². The minimum absolute atomic E-state index is 0.390. The molecule has 0 saturated carbocycles. The summed E-state index contributed by atoms with van der Waals surface area (Å²) in [6.07, 6.45) is 0.593. The van der Waals surface area contributed by atoms with E-state index in [1.807, 2.05) is 53.7 Å². The molecule has 2 heterocycles. The van der Waals surface area contributed by atoms with E-state index in [9.17, 15) is 9.59 Å². The number of imidazole rings is 1. The highest BCUT2D eigenvalue weighted by molar-refractivity contribution is 5.91. The predicted octanol–water partition coefficient (Wildman–Crippen LogP) is 2.11. The molecular weight excluding hydrogens is 396 g/mol. The summed E-state index contributed by atoms with van der Waals surface area (Å²) in [6.45, 7) is 12.1. The average Bonchev–Trinajstić information content (AvgIpc) is 3.17. The van der Waals surface area contributed by atoms with Gasteiger partial charge in [-0.25, -0.2) is 14.2 Å². The van der Waals surface area contributed by atoms with Crippen molar-refractivity contribution in [3.8, 4) is 0 Å². The van der Waals surface area contributed by atoms with Gasteiger partial charge in [-0.15, -0.1) is 10.2 Å². The molecule has 0 aliphatic rings. The molecule has 2 aromatic heterocycles. The Morgan fingerprint density at radius 1 is 1.23 bits per heavy atom. The van der Waals surface area contributed by atoms with Crippen LogP contribution in [0.3, 0.4) is 0 Å². The van der Waals surface area contributed by atoms with E-state index in [1.165, 1.54) is 9.36 Å². The van der Waals surface area contributed by atoms with E-state index in [4.69, 9.17) is 5.73 Å². The highest BCUT2D eigenvalue weighted by atomic mass is 16.2. The van der Waals surface area contributed by atoms with Gasteiger partial charge in [0.25, 0.3) is 0 Å². The van der Waals surface area contributed by atoms with E-state index in [2.05, 4.69) is 20.7 Å². The maximum atomic E-state index is 13.4. The van der Waals surface area contributed by atoms with Crippen molar-refractivity contribution in [1.82, 2.24) is 34.7 Å². The van der Waals surface area contributed by atoms with Crippen LogP contribution in [0.1, 0.15) is 58.5 Å². The van der Waals surface area contributed by atoms with Gasteiger partial charge in [-0.2, -0.15) is 4.80 Å². The van der Waals surface area contributed by atoms with E-state index in [1.54, 1.807) is 17.7 Å². The lowest BCUT2D eigenvalue weighted by Gasteiger charge is -2.28. The molecule has 0 aliphatic heterocycles. The van der Waals surface area contributed by atoms with E-state index in [0.717, 1.165) is 11.1 Å². The zero-order valence-electron chi connectivity index (χ0n) is 19.3. The van der Waals surface area contributed by atoms with Crippen LogP contribution in [-0.2, 0) is 13.6 Å². The summed E-state index contributed by atoms with van der Waals surface area (Å²) in [5, 5.41) is 15.2. The van der Waals surface area contributed by atoms with Crippen molar-refractivity contribution in [3.05, 3.63) is 40.1 Å². The number of hydrogen-bond acceptors (Lipinski definition) is 6. The molecule has 1 unspecified atom stereocenters. The number of aromatic nitrogens is 6. The monoisotopic (exact) mass is 428 g/mol. The number of hydrogen-bond donors (Lipinski definition) is 2. The zero-order chi connectivity index (χ0) is 23.1. The summed E-state index contributed by atoms with van der Waals surface area (Å²) in [5.74, 6) is 0.390. The molecule has 168 valence electrons. The Morgan fingerprint density at radius 2 is 1.90 bits per heavy atom. The number of para-hydroxylation sites is 1. The molecular formula is C21H32N8O2. The van der Waals surface area contributed by atoms with Crippen LogP contribution in [0.15, 0.2) is 23.0 Å². The van der Waals surface area contributed by atoms with Crippen LogP contribution in [0.5, 0.6) is 0 Å². The predicted molar refractivity (Wildman–Crippen MR) is 119 cm³/mol. The number of carbonyl (C=O) groups excluding carboxylic acids is 1. The molecule has 0 fully saturated rings. The second-order valence-electron chi connectivity index (χ2n) is 9.84. The van der Waals surface area contributed by atoms with E-state index in [-0.39, 0.29) is 0 Å². The molecule has 10 heteroatoms. The Kier molecular flexibility index (Phi) is 5.79. The summed E-state index contributed by atoms with van der Waals surface area (Å²) >= 11 is 0. The number of carbonyl (C=O) groups is 1. The fraction of sp³-hybridized carbons (Fsp3) is 0.571. The fourth-order valence-corrected chi connectivity index (χ4v) is 3.57. The molecule has 0 bridgehead atoms. The highest BCUT2D eigenvalue weighted by Gasteiger charge is 2.33. The molecule has 3 rings (SSSR count). The van der Waals surface area contributed by atoms with Crippen LogP contribution in [0.4, 0.5) is 4.79 Å². The maximum Gasteiger partial charge on any atom is 0.337 e. The van der Waals surface area contributed by atoms with Gasteiger partial charge in [0.1, 0.15) is 0 Å². The highest BCUT2D eigenvalue weighted by Crippen LogP contribution is 2.30. The summed E-state index contributed by atoms with van der Waals surface area (Å²) in [5.41, 5.74) is 7.10. The van der Waals surface area contributed by atoms with Crippen molar-refractivity contribution in [2.45, 2.75) is 66.1 Å². The van der Waals surface area contributed by atoms with Crippen molar-refractivity contribution in [1.29, 1.82) is 0 Å². The van der Waals surface area contributed by atoms with Gasteiger partial charge in [0, 0.05) is 12.1 Å². The molecule has 0 radical (unpaired) electrons. The van der Waals surface area contributed by atoms with Crippen LogP contribution in [0, 0.1) is 12.3 Å². The molecule has 0 spiro atoms. The molecule has 31 heavy (non-hydrogen) atoms. The second kappa shape index (κ2) is 7.92. The average molecular weight is 429 g/mol. The van der Waals surface area contributed by atoms with Crippen LogP contribution in [0.2, 0.25) is 0 Å². The number of fused-ring (bicyclic) bond motifs is 1. The van der Waals surface area contributed by atoms with Crippen LogP contribution in [0.25, 0.3) is 11.0 Å². The molecule has 1 atom stereocenters. The lowest BCUT2D eigenvalue weighted by atomic mass is 9.86. The van der Waals surface area contributed by atoms with Crippen LogP contribution >= 0.6 is 0 Å². The summed E-state index contributed by atoms with van der Waals surface area (Å²) in [4.78, 5) is 28.1. The number of benzene rings is 1. The zero-order valence-corrected chi connectivity index (χ0v) is 19.3. The summed E-state index contributed by atoms with van der Waals surface area (Å²) in [6, 6.07) is 4.48. The van der Waals surface area contributed by atoms with Gasteiger partial charge in [0.2, 0.25) is 0 Å². The Hall–Kier alpha value is -3.01. The first-order valence-electron chi connectivity index (χ1n) is 10.3. The van der Waals surface area contributed by atoms with E-state index >= 15 is 0 Å². The van der Waals surface area contributed by atoms with Gasteiger partial charge in [-0.3, -0.25) is 4.57 Å². The number of nitrogens with one attached hydrogen (secondary N) is 1. The van der Waals surface area contributed by atoms with Gasteiger partial charge < -0.3 is 11.1 Å². The SMILES string of the molecule is Cc1cccc2c1n(CCC(C)(C)N)c(=O)n2C(=O)NC(c1nnn(C)n1)C(C)(C)C. The van der Waals surface area contributed by atoms with Crippen molar-refractivity contribution < 1.29 is 4.79 Å². The van der Waals surface area contributed by atoms with E-state index < -0.39 is 28.7 Å². The minimum atomic E-state index is -0.535. The first kappa shape index (κ1) is 22.7. The quantitative estimate of drug-likeness (QED) is 0.641. The number of tetrazole rings is 1. The topological polar surface area (TPSA) is 126 Å². The Balaban J connectivity index is 2.07. The number of amides is 1. The molecule has 3 N–H and O–H groups in total. The molecule has 3 aromatic rings. The summed E-state index contributed by atoms with van der Waals surface area (Å²) in [7, 11) is 1.66. The van der Waals surface area contributed by atoms with Crippen molar-refractivity contribution >= 4 is 17.1 Å². The minimum Gasteiger partial charge on any atom is -0.327 e. The molecule has 0 aliphatic carbocycles. The van der Waals surface area contributed by atoms with Gasteiger partial charge in [-0.1, -0.05) is 32.9 Å². The molecule has 10 nitrogen and oxygen atoms in total. The summed E-state index contributed by atoms with van der Waals surface area (Å²) < 4.78 is 2.81. The second-order valence-corrected chi connectivity index (χ2v) is 9.84. The van der Waals surface area contributed by atoms with Crippen molar-refractivity contribution in [2.24, 2.45) is 18.2 Å². The Bertz CT molecular complexity index is 1160. The lowest BCUT2D eigenvalue weighted by Crippen LogP contribution is -2.43. The van der Waals surface area contributed by atoms with Crippen molar-refractivity contribution in [2.75, 3.05) is 0 Å². The Morgan fingerprint density at radius 3 is 2.45 bits per heavy atom. The van der Waals surface area contributed by atoms with Crippen LogP contribution < -0.4 is 16.7 Å². The smallest absolute Gasteiger partial charge is 0.327 e. The fourth-order valence-electron chi connectivity index (χ4n) is 3.57. The van der Waals surface area contributed by atoms with Gasteiger partial charge in [-0.05, 0) is 49.5 Å². The number of rotatable bonds is 5. The first-order valence-corrected chi connectivity index (χ1v) is 10.3. The third kappa shape index (κ3) is 4.68. The third-order valence-corrected chi connectivity index (χ3v) is 5.25. The van der Waals surface area contributed by atoms with Gasteiger partial charge in [0.15, 0.2) is 5.82 Å². The molecule has 0 saturated heterocycles. The third-order valence-electron chi connectivity index (χ3n) is 5.25. The lowest BCUT2D eigenvalue weighted by molar-refractivity contribution is 0.216. The largest absolute Gasteiger partial charge is 0.337 e. The van der Waals surface area contributed by atoms with E-state index in [0.29, 0.717) is 24.3 Å². The standard InChI is InChI=1S/C21H32N8O2/c1-13-9-8-10-14-15(13)28(12-11-21(5,6)22)19(31)29(14)18(30)23-16(20(2,3)4)17-24-26-27(7)25-17/h8-10,16H,11-12,22H2,1-7H3,(H,23,30).